The Balaban J connectivity index is 2.16. The van der Waals surface area contributed by atoms with Gasteiger partial charge in [0.25, 0.3) is 0 Å². The van der Waals surface area contributed by atoms with E-state index in [1.54, 1.807) is 18.2 Å². The maximum atomic E-state index is 10.9. The molecule has 0 radical (unpaired) electrons. The summed E-state index contributed by atoms with van der Waals surface area (Å²) >= 11 is 0. The first-order valence-corrected chi connectivity index (χ1v) is 5.73. The Hall–Kier alpha value is -2.13. The molecule has 0 spiro atoms. The minimum Gasteiger partial charge on any atom is -0.391 e. The van der Waals surface area contributed by atoms with Crippen LogP contribution < -0.4 is 5.32 Å². The maximum Gasteiger partial charge on any atom is 0.309 e. The fourth-order valence-corrected chi connectivity index (χ4v) is 1.84. The third kappa shape index (κ3) is 2.57. The van der Waals surface area contributed by atoms with Gasteiger partial charge in [0, 0.05) is 6.54 Å². The molecule has 2 rings (SSSR count). The summed E-state index contributed by atoms with van der Waals surface area (Å²) in [6, 6.07) is 6.32. The van der Waals surface area contributed by atoms with Gasteiger partial charge in [0.2, 0.25) is 0 Å². The zero-order valence-electron chi connectivity index (χ0n) is 9.67. The van der Waals surface area contributed by atoms with Crippen LogP contribution in [0.4, 0.5) is 11.4 Å². The molecular formula is C12H13N3O3. The Bertz CT molecular complexity index is 506. The maximum absolute atomic E-state index is 10.9. The van der Waals surface area contributed by atoms with E-state index in [1.165, 1.54) is 6.07 Å². The van der Waals surface area contributed by atoms with E-state index >= 15 is 0 Å². The zero-order chi connectivity index (χ0) is 13.1. The van der Waals surface area contributed by atoms with Crippen LogP contribution in [0, 0.1) is 27.4 Å². The number of nitrogens with one attached hydrogen (secondary N) is 1. The fraction of sp³-hybridized carbons (Fsp3) is 0.417. The number of aliphatic hydroxyl groups is 1. The molecule has 1 aliphatic rings. The number of benzene rings is 1. The lowest BCUT2D eigenvalue weighted by Crippen LogP contribution is -2.21. The normalized spacial score (nSPS) is 15.8. The van der Waals surface area contributed by atoms with Crippen molar-refractivity contribution >= 4 is 11.4 Å². The van der Waals surface area contributed by atoms with Crippen LogP contribution in [0.1, 0.15) is 18.4 Å². The highest BCUT2D eigenvalue weighted by molar-refractivity contribution is 5.68. The lowest BCUT2D eigenvalue weighted by Gasteiger charge is -2.12. The molecule has 1 atom stereocenters. The average Bonchev–Trinajstić information content (AvgIpc) is 3.19. The van der Waals surface area contributed by atoms with Gasteiger partial charge in [-0.2, -0.15) is 5.26 Å². The first-order chi connectivity index (χ1) is 8.63. The van der Waals surface area contributed by atoms with E-state index in [0.29, 0.717) is 5.92 Å². The molecule has 0 amide bonds. The molecule has 6 heteroatoms. The predicted octanol–water partition coefficient (Wildman–Crippen LogP) is 1.65. The Kier molecular flexibility index (Phi) is 3.44. The van der Waals surface area contributed by atoms with Crippen LogP contribution >= 0.6 is 0 Å². The lowest BCUT2D eigenvalue weighted by atomic mass is 10.1. The first kappa shape index (κ1) is 12.3. The molecule has 0 aliphatic heterocycles. The molecular weight excluding hydrogens is 234 g/mol. The highest BCUT2D eigenvalue weighted by Gasteiger charge is 2.30. The van der Waals surface area contributed by atoms with E-state index in [0.717, 1.165) is 12.8 Å². The van der Waals surface area contributed by atoms with Crippen LogP contribution in [0.15, 0.2) is 18.2 Å². The topological polar surface area (TPSA) is 99.2 Å². The van der Waals surface area contributed by atoms with Gasteiger partial charge in [0.1, 0.15) is 17.3 Å². The third-order valence-corrected chi connectivity index (χ3v) is 3.01. The summed E-state index contributed by atoms with van der Waals surface area (Å²) in [4.78, 5) is 10.4. The molecule has 1 aliphatic carbocycles. The summed E-state index contributed by atoms with van der Waals surface area (Å²) in [5.41, 5.74) is 0.0626. The average molecular weight is 247 g/mol. The molecule has 1 saturated carbocycles. The molecule has 1 aromatic carbocycles. The molecule has 6 nitrogen and oxygen atoms in total. The smallest absolute Gasteiger partial charge is 0.309 e. The summed E-state index contributed by atoms with van der Waals surface area (Å²) in [7, 11) is 0. The molecule has 0 aromatic heterocycles. The Morgan fingerprint density at radius 1 is 1.61 bits per heavy atom. The van der Waals surface area contributed by atoms with Crippen LogP contribution in [0.2, 0.25) is 0 Å². The van der Waals surface area contributed by atoms with Gasteiger partial charge in [-0.3, -0.25) is 10.1 Å². The molecule has 1 fully saturated rings. The van der Waals surface area contributed by atoms with Gasteiger partial charge in [-0.1, -0.05) is 6.07 Å². The van der Waals surface area contributed by atoms with Crippen molar-refractivity contribution in [2.45, 2.75) is 18.9 Å². The quantitative estimate of drug-likeness (QED) is 0.608. The molecule has 2 N–H and O–H groups in total. The molecule has 1 aromatic rings. The summed E-state index contributed by atoms with van der Waals surface area (Å²) in [5, 5.41) is 32.3. The van der Waals surface area contributed by atoms with Crippen LogP contribution in [0.3, 0.4) is 0 Å². The fourth-order valence-electron chi connectivity index (χ4n) is 1.84. The highest BCUT2D eigenvalue weighted by Crippen LogP contribution is 2.33. The molecule has 1 unspecified atom stereocenters. The van der Waals surface area contributed by atoms with Gasteiger partial charge in [-0.15, -0.1) is 0 Å². The summed E-state index contributed by atoms with van der Waals surface area (Å²) in [6.07, 6.45) is 1.52. The number of para-hydroxylation sites is 1. The monoisotopic (exact) mass is 247 g/mol. The number of nitriles is 1. The van der Waals surface area contributed by atoms with E-state index < -0.39 is 11.0 Å². The van der Waals surface area contributed by atoms with E-state index in [1.807, 2.05) is 0 Å². The van der Waals surface area contributed by atoms with Crippen molar-refractivity contribution in [2.24, 2.45) is 5.92 Å². The molecule has 0 bridgehead atoms. The van der Waals surface area contributed by atoms with Crippen molar-refractivity contribution in [3.8, 4) is 6.07 Å². The van der Waals surface area contributed by atoms with E-state index in [4.69, 9.17) is 5.26 Å². The van der Waals surface area contributed by atoms with E-state index in [9.17, 15) is 15.2 Å². The Labute approximate surface area is 104 Å². The van der Waals surface area contributed by atoms with Gasteiger partial charge in [-0.05, 0) is 30.9 Å². The summed E-state index contributed by atoms with van der Waals surface area (Å²) < 4.78 is 0. The largest absolute Gasteiger partial charge is 0.391 e. The van der Waals surface area contributed by atoms with Crippen LogP contribution in [0.25, 0.3) is 0 Å². The molecule has 0 heterocycles. The van der Waals surface area contributed by atoms with Gasteiger partial charge < -0.3 is 10.4 Å². The summed E-state index contributed by atoms with van der Waals surface area (Å²) in [6.45, 7) is 0.264. The number of anilines is 1. The number of aliphatic hydroxyl groups excluding tert-OH is 1. The molecule has 0 saturated heterocycles. The van der Waals surface area contributed by atoms with E-state index in [2.05, 4.69) is 5.32 Å². The van der Waals surface area contributed by atoms with Crippen LogP contribution in [0.5, 0.6) is 0 Å². The predicted molar refractivity (Wildman–Crippen MR) is 65.0 cm³/mol. The standard InChI is InChI=1S/C12H13N3O3/c13-6-9-2-1-3-10(12(9)15(17)18)14-7-11(16)8-4-5-8/h1-3,8,11,14,16H,4-5,7H2. The Morgan fingerprint density at radius 3 is 2.89 bits per heavy atom. The zero-order valence-corrected chi connectivity index (χ0v) is 9.67. The summed E-state index contributed by atoms with van der Waals surface area (Å²) in [5.74, 6) is 0.302. The lowest BCUT2D eigenvalue weighted by molar-refractivity contribution is -0.384. The van der Waals surface area contributed by atoms with Gasteiger partial charge in [0.15, 0.2) is 0 Å². The first-order valence-electron chi connectivity index (χ1n) is 5.73. The SMILES string of the molecule is N#Cc1cccc(NCC(O)C2CC2)c1[N+](=O)[O-]. The number of rotatable bonds is 5. The van der Waals surface area contributed by atoms with Gasteiger partial charge in [0.05, 0.1) is 11.0 Å². The number of nitro groups is 1. The van der Waals surface area contributed by atoms with Crippen molar-refractivity contribution in [1.82, 2.24) is 0 Å². The second-order valence-corrected chi connectivity index (χ2v) is 4.36. The van der Waals surface area contributed by atoms with Crippen molar-refractivity contribution < 1.29 is 10.0 Å². The Morgan fingerprint density at radius 2 is 2.33 bits per heavy atom. The van der Waals surface area contributed by atoms with Crippen LogP contribution in [-0.4, -0.2) is 22.7 Å². The molecule has 94 valence electrons. The minimum absolute atomic E-state index is 0.0194. The van der Waals surface area contributed by atoms with Gasteiger partial charge in [-0.25, -0.2) is 0 Å². The number of nitrogens with zero attached hydrogens (tertiary/aromatic N) is 2. The second kappa shape index (κ2) is 5.02. The molecule has 18 heavy (non-hydrogen) atoms. The number of hydrogen-bond acceptors (Lipinski definition) is 5. The van der Waals surface area contributed by atoms with E-state index in [-0.39, 0.29) is 23.5 Å². The van der Waals surface area contributed by atoms with Crippen molar-refractivity contribution in [3.63, 3.8) is 0 Å². The minimum atomic E-state index is -0.579. The second-order valence-electron chi connectivity index (χ2n) is 4.36. The highest BCUT2D eigenvalue weighted by atomic mass is 16.6. The number of nitro benzene ring substituents is 1. The van der Waals surface area contributed by atoms with Crippen molar-refractivity contribution in [1.29, 1.82) is 5.26 Å². The number of hydrogen-bond donors (Lipinski definition) is 2. The van der Waals surface area contributed by atoms with Crippen LogP contribution in [-0.2, 0) is 0 Å². The van der Waals surface area contributed by atoms with Gasteiger partial charge >= 0.3 is 5.69 Å². The van der Waals surface area contributed by atoms with Crippen molar-refractivity contribution in [3.05, 3.63) is 33.9 Å². The van der Waals surface area contributed by atoms with Crippen molar-refractivity contribution in [2.75, 3.05) is 11.9 Å². The third-order valence-electron chi connectivity index (χ3n) is 3.01.